The predicted octanol–water partition coefficient (Wildman–Crippen LogP) is 4.35. The van der Waals surface area contributed by atoms with Gasteiger partial charge in [0, 0.05) is 5.56 Å². The average Bonchev–Trinajstić information content (AvgIpc) is 3.12. The van der Waals surface area contributed by atoms with Crippen LogP contribution in [-0.2, 0) is 0 Å². The van der Waals surface area contributed by atoms with Gasteiger partial charge in [0.1, 0.15) is 0 Å². The maximum atomic E-state index is 5.68. The number of aromatic nitrogens is 3. The van der Waals surface area contributed by atoms with E-state index in [1.54, 1.807) is 10.9 Å². The number of hydrogen-bond donors (Lipinski definition) is 0. The third-order valence-corrected chi connectivity index (χ3v) is 4.34. The number of hydrogen-bond acceptors (Lipinski definition) is 6. The van der Waals surface area contributed by atoms with Crippen LogP contribution in [0.5, 0.6) is 11.5 Å². The van der Waals surface area contributed by atoms with Crippen molar-refractivity contribution in [3.63, 3.8) is 0 Å². The number of benzene rings is 2. The number of rotatable bonds is 8. The highest BCUT2D eigenvalue weighted by Gasteiger charge is 2.12. The van der Waals surface area contributed by atoms with Gasteiger partial charge in [0.2, 0.25) is 5.16 Å². The van der Waals surface area contributed by atoms with Crippen molar-refractivity contribution in [3.8, 4) is 22.9 Å². The summed E-state index contributed by atoms with van der Waals surface area (Å²) in [5.41, 5.74) is 1.87. The van der Waals surface area contributed by atoms with Gasteiger partial charge in [-0.05, 0) is 43.9 Å². The molecule has 1 heterocycles. The van der Waals surface area contributed by atoms with Gasteiger partial charge >= 0.3 is 0 Å². The molecule has 3 aromatic rings. The van der Waals surface area contributed by atoms with Gasteiger partial charge in [-0.3, -0.25) is 0 Å². The largest absolute Gasteiger partial charge is 0.490 e. The monoisotopic (exact) mass is 382 g/mol. The van der Waals surface area contributed by atoms with E-state index < -0.39 is 0 Å². The second-order valence-electron chi connectivity index (χ2n) is 5.50. The summed E-state index contributed by atoms with van der Waals surface area (Å²) in [6.45, 7) is 5.06. The molecule has 0 atom stereocenters. The van der Waals surface area contributed by atoms with E-state index in [-0.39, 0.29) is 0 Å². The highest BCUT2D eigenvalue weighted by molar-refractivity contribution is 7.98. The fourth-order valence-electron chi connectivity index (χ4n) is 2.54. The Hall–Kier alpha value is -2.80. The molecule has 0 aliphatic carbocycles. The van der Waals surface area contributed by atoms with E-state index in [0.717, 1.165) is 22.0 Å². The van der Waals surface area contributed by atoms with E-state index in [4.69, 9.17) is 9.47 Å². The van der Waals surface area contributed by atoms with Crippen LogP contribution in [0.4, 0.5) is 0 Å². The highest BCUT2D eigenvalue weighted by Crippen LogP contribution is 2.28. The van der Waals surface area contributed by atoms with Gasteiger partial charge in [-0.25, -0.2) is 0 Å². The standard InChI is InChI=1S/C20H22N4O2S/c1-4-25-17-12-11-15(13-18(17)26-5-2)14-21-24-19(22-23-20(24)27-3)16-9-7-6-8-10-16/h6-14H,4-5H2,1-3H3. The molecule has 0 saturated heterocycles. The molecular formula is C20H22N4O2S. The van der Waals surface area contributed by atoms with Gasteiger partial charge in [-0.1, -0.05) is 42.1 Å². The summed E-state index contributed by atoms with van der Waals surface area (Å²) in [6, 6.07) is 15.7. The second-order valence-corrected chi connectivity index (χ2v) is 6.28. The van der Waals surface area contributed by atoms with Crippen molar-refractivity contribution in [1.82, 2.24) is 14.9 Å². The zero-order chi connectivity index (χ0) is 19.1. The van der Waals surface area contributed by atoms with Crippen LogP contribution in [0.25, 0.3) is 11.4 Å². The lowest BCUT2D eigenvalue weighted by atomic mass is 10.2. The lowest BCUT2D eigenvalue weighted by Crippen LogP contribution is -2.00. The topological polar surface area (TPSA) is 61.5 Å². The molecule has 0 fully saturated rings. The molecule has 2 aromatic carbocycles. The van der Waals surface area contributed by atoms with Crippen LogP contribution in [0.15, 0.2) is 58.8 Å². The molecule has 6 nitrogen and oxygen atoms in total. The summed E-state index contributed by atoms with van der Waals surface area (Å²) >= 11 is 1.50. The van der Waals surface area contributed by atoms with Crippen molar-refractivity contribution < 1.29 is 9.47 Å². The molecular weight excluding hydrogens is 360 g/mol. The molecule has 27 heavy (non-hydrogen) atoms. The summed E-state index contributed by atoms with van der Waals surface area (Å²) in [4.78, 5) is 0. The van der Waals surface area contributed by atoms with Crippen molar-refractivity contribution in [1.29, 1.82) is 0 Å². The quantitative estimate of drug-likeness (QED) is 0.428. The molecule has 140 valence electrons. The molecule has 0 radical (unpaired) electrons. The van der Waals surface area contributed by atoms with Crippen LogP contribution in [-0.4, -0.2) is 40.6 Å². The second kappa shape index (κ2) is 9.23. The lowest BCUT2D eigenvalue weighted by molar-refractivity contribution is 0.288. The molecule has 1 aromatic heterocycles. The van der Waals surface area contributed by atoms with E-state index in [0.29, 0.717) is 24.8 Å². The Morgan fingerprint density at radius 1 is 1.00 bits per heavy atom. The Morgan fingerprint density at radius 2 is 1.74 bits per heavy atom. The van der Waals surface area contributed by atoms with Gasteiger partial charge < -0.3 is 9.47 Å². The van der Waals surface area contributed by atoms with Crippen LogP contribution in [0.2, 0.25) is 0 Å². The average molecular weight is 382 g/mol. The highest BCUT2D eigenvalue weighted by atomic mass is 32.2. The minimum Gasteiger partial charge on any atom is -0.490 e. The predicted molar refractivity (Wildman–Crippen MR) is 109 cm³/mol. The molecule has 0 amide bonds. The first-order valence-electron chi connectivity index (χ1n) is 8.75. The van der Waals surface area contributed by atoms with Gasteiger partial charge in [-0.15, -0.1) is 10.2 Å². The fourth-order valence-corrected chi connectivity index (χ4v) is 2.97. The third kappa shape index (κ3) is 4.49. The molecule has 3 rings (SSSR count). The number of nitrogens with zero attached hydrogens (tertiary/aromatic N) is 4. The van der Waals surface area contributed by atoms with E-state index in [1.807, 2.05) is 68.6 Å². The first-order chi connectivity index (χ1) is 13.3. The van der Waals surface area contributed by atoms with Crippen molar-refractivity contribution in [3.05, 3.63) is 54.1 Å². The molecule has 0 aliphatic heterocycles. The Balaban J connectivity index is 1.94. The molecule has 0 aliphatic rings. The van der Waals surface area contributed by atoms with E-state index in [9.17, 15) is 0 Å². The summed E-state index contributed by atoms with van der Waals surface area (Å²) in [5.74, 6) is 2.14. The van der Waals surface area contributed by atoms with Gasteiger partial charge in [0.25, 0.3) is 0 Å². The van der Waals surface area contributed by atoms with E-state index in [2.05, 4.69) is 15.3 Å². The van der Waals surface area contributed by atoms with Gasteiger partial charge in [0.05, 0.1) is 19.4 Å². The summed E-state index contributed by atoms with van der Waals surface area (Å²) < 4.78 is 13.0. The Morgan fingerprint density at radius 3 is 2.44 bits per heavy atom. The van der Waals surface area contributed by atoms with Gasteiger partial charge in [0.15, 0.2) is 17.3 Å². The third-order valence-electron chi connectivity index (χ3n) is 3.72. The number of ether oxygens (including phenoxy) is 2. The molecule has 0 spiro atoms. The van der Waals surface area contributed by atoms with Crippen LogP contribution in [0, 0.1) is 0 Å². The molecule has 7 heteroatoms. The van der Waals surface area contributed by atoms with Crippen molar-refractivity contribution in [2.24, 2.45) is 5.10 Å². The number of thioether (sulfide) groups is 1. The smallest absolute Gasteiger partial charge is 0.212 e. The molecule has 0 N–H and O–H groups in total. The van der Waals surface area contributed by atoms with Crippen molar-refractivity contribution >= 4 is 18.0 Å². The maximum Gasteiger partial charge on any atom is 0.212 e. The SMILES string of the molecule is CCOc1ccc(C=Nn2c(SC)nnc2-c2ccccc2)cc1OCC. The molecule has 0 saturated carbocycles. The minimum atomic E-state index is 0.570. The fraction of sp³-hybridized carbons (Fsp3) is 0.250. The van der Waals surface area contributed by atoms with Crippen LogP contribution in [0.1, 0.15) is 19.4 Å². The molecule has 0 bridgehead atoms. The van der Waals surface area contributed by atoms with E-state index >= 15 is 0 Å². The normalized spacial score (nSPS) is 11.1. The first kappa shape index (κ1) is 19.0. The van der Waals surface area contributed by atoms with Crippen LogP contribution in [0.3, 0.4) is 0 Å². The van der Waals surface area contributed by atoms with E-state index in [1.165, 1.54) is 11.8 Å². The van der Waals surface area contributed by atoms with Crippen LogP contribution >= 0.6 is 11.8 Å². The Bertz CT molecular complexity index is 910. The molecule has 0 unspecified atom stereocenters. The zero-order valence-corrected chi connectivity index (χ0v) is 16.4. The summed E-state index contributed by atoms with van der Waals surface area (Å²) in [6.07, 6.45) is 3.72. The Labute approximate surface area is 163 Å². The first-order valence-corrected chi connectivity index (χ1v) is 9.98. The van der Waals surface area contributed by atoms with Crippen LogP contribution < -0.4 is 9.47 Å². The summed E-state index contributed by atoms with van der Waals surface area (Å²) in [7, 11) is 0. The zero-order valence-electron chi connectivity index (χ0n) is 15.6. The lowest BCUT2D eigenvalue weighted by Gasteiger charge is -2.11. The maximum absolute atomic E-state index is 5.68. The Kier molecular flexibility index (Phi) is 6.49. The van der Waals surface area contributed by atoms with Crippen molar-refractivity contribution in [2.45, 2.75) is 19.0 Å². The summed E-state index contributed by atoms with van der Waals surface area (Å²) in [5, 5.41) is 13.8. The van der Waals surface area contributed by atoms with Crippen molar-refractivity contribution in [2.75, 3.05) is 19.5 Å². The van der Waals surface area contributed by atoms with Gasteiger partial charge in [-0.2, -0.15) is 9.78 Å². The minimum absolute atomic E-state index is 0.570.